The molecule has 2 aromatic rings. The third-order valence-corrected chi connectivity index (χ3v) is 4.19. The van der Waals surface area contributed by atoms with E-state index >= 15 is 0 Å². The van der Waals surface area contributed by atoms with Gasteiger partial charge >= 0.3 is 5.97 Å². The van der Waals surface area contributed by atoms with Crippen molar-refractivity contribution in [2.45, 2.75) is 37.8 Å². The lowest BCUT2D eigenvalue weighted by Crippen LogP contribution is -2.49. The van der Waals surface area contributed by atoms with Crippen molar-refractivity contribution < 1.29 is 23.5 Å². The molecule has 0 aliphatic heterocycles. The van der Waals surface area contributed by atoms with Gasteiger partial charge < -0.3 is 16.2 Å². The molecular formula is C20H22F2N2O3. The highest BCUT2D eigenvalue weighted by molar-refractivity contribution is 5.86. The lowest BCUT2D eigenvalue weighted by Gasteiger charge is -2.18. The van der Waals surface area contributed by atoms with Gasteiger partial charge in [0.15, 0.2) is 11.6 Å². The van der Waals surface area contributed by atoms with Crippen LogP contribution in [-0.2, 0) is 22.4 Å². The number of hydrogen-bond donors (Lipinski definition) is 3. The Morgan fingerprint density at radius 3 is 2.37 bits per heavy atom. The van der Waals surface area contributed by atoms with E-state index in [1.807, 2.05) is 30.3 Å². The summed E-state index contributed by atoms with van der Waals surface area (Å²) in [7, 11) is 0. The SMILES string of the molecule is N[C@@H](Cc1ccccc1)C(=O)NC(CCCc1ccc(F)c(F)c1)C(=O)O. The second kappa shape index (κ2) is 9.78. The third kappa shape index (κ3) is 6.45. The van der Waals surface area contributed by atoms with Crippen LogP contribution >= 0.6 is 0 Å². The number of nitrogens with one attached hydrogen (secondary N) is 1. The molecular weight excluding hydrogens is 354 g/mol. The first-order chi connectivity index (χ1) is 12.9. The fourth-order valence-electron chi connectivity index (χ4n) is 2.70. The summed E-state index contributed by atoms with van der Waals surface area (Å²) in [4.78, 5) is 23.6. The topological polar surface area (TPSA) is 92.4 Å². The van der Waals surface area contributed by atoms with Crippen LogP contribution in [0.15, 0.2) is 48.5 Å². The fraction of sp³-hybridized carbons (Fsp3) is 0.300. The number of rotatable bonds is 9. The zero-order valence-corrected chi connectivity index (χ0v) is 14.7. The normalized spacial score (nSPS) is 13.0. The van der Waals surface area contributed by atoms with Gasteiger partial charge in [0.1, 0.15) is 6.04 Å². The van der Waals surface area contributed by atoms with E-state index in [9.17, 15) is 23.5 Å². The summed E-state index contributed by atoms with van der Waals surface area (Å²) in [6.07, 6.45) is 1.20. The molecule has 0 fully saturated rings. The van der Waals surface area contributed by atoms with Crippen LogP contribution in [0.4, 0.5) is 8.78 Å². The van der Waals surface area contributed by atoms with Crippen LogP contribution in [0.25, 0.3) is 0 Å². The summed E-state index contributed by atoms with van der Waals surface area (Å²) in [5, 5.41) is 11.8. The molecule has 0 saturated carbocycles. The molecule has 1 unspecified atom stereocenters. The van der Waals surface area contributed by atoms with Crippen molar-refractivity contribution in [1.82, 2.24) is 5.32 Å². The smallest absolute Gasteiger partial charge is 0.326 e. The number of carbonyl (C=O) groups is 2. The number of nitrogens with two attached hydrogens (primary N) is 1. The van der Waals surface area contributed by atoms with Crippen molar-refractivity contribution in [3.63, 3.8) is 0 Å². The van der Waals surface area contributed by atoms with Crippen molar-refractivity contribution in [3.05, 3.63) is 71.3 Å². The Bertz CT molecular complexity index is 784. The average Bonchev–Trinajstić information content (AvgIpc) is 2.64. The molecule has 0 radical (unpaired) electrons. The number of hydrogen-bond acceptors (Lipinski definition) is 3. The Balaban J connectivity index is 1.85. The number of carboxylic acid groups (broad SMARTS) is 1. The summed E-state index contributed by atoms with van der Waals surface area (Å²) < 4.78 is 26.1. The Hall–Kier alpha value is -2.80. The number of carbonyl (C=O) groups excluding carboxylic acids is 1. The zero-order valence-electron chi connectivity index (χ0n) is 14.7. The van der Waals surface area contributed by atoms with Gasteiger partial charge in [-0.2, -0.15) is 0 Å². The maximum atomic E-state index is 13.2. The first kappa shape index (κ1) is 20.5. The van der Waals surface area contributed by atoms with E-state index in [0.717, 1.165) is 17.7 Å². The lowest BCUT2D eigenvalue weighted by molar-refractivity contribution is -0.142. The number of halogens is 2. The zero-order chi connectivity index (χ0) is 19.8. The Kier molecular flexibility index (Phi) is 7.43. The van der Waals surface area contributed by atoms with Crippen molar-refractivity contribution >= 4 is 11.9 Å². The molecule has 27 heavy (non-hydrogen) atoms. The third-order valence-electron chi connectivity index (χ3n) is 4.19. The van der Waals surface area contributed by atoms with Crippen molar-refractivity contribution in [2.75, 3.05) is 0 Å². The molecule has 2 aromatic carbocycles. The van der Waals surface area contributed by atoms with E-state index in [-0.39, 0.29) is 6.42 Å². The van der Waals surface area contributed by atoms with Gasteiger partial charge in [0.05, 0.1) is 6.04 Å². The molecule has 0 saturated heterocycles. The highest BCUT2D eigenvalue weighted by Crippen LogP contribution is 2.12. The van der Waals surface area contributed by atoms with Crippen LogP contribution in [0, 0.1) is 11.6 Å². The summed E-state index contributed by atoms with van der Waals surface area (Å²) >= 11 is 0. The van der Waals surface area contributed by atoms with E-state index in [2.05, 4.69) is 5.32 Å². The van der Waals surface area contributed by atoms with Crippen LogP contribution in [0.2, 0.25) is 0 Å². The van der Waals surface area contributed by atoms with Gasteiger partial charge in [-0.3, -0.25) is 4.79 Å². The van der Waals surface area contributed by atoms with Crippen LogP contribution in [-0.4, -0.2) is 29.1 Å². The summed E-state index contributed by atoms with van der Waals surface area (Å²) in [6, 6.07) is 10.8. The molecule has 0 aliphatic carbocycles. The van der Waals surface area contributed by atoms with E-state index in [1.165, 1.54) is 6.07 Å². The predicted molar refractivity (Wildman–Crippen MR) is 97.0 cm³/mol. The van der Waals surface area contributed by atoms with Crippen molar-refractivity contribution in [2.24, 2.45) is 5.73 Å². The van der Waals surface area contributed by atoms with Crippen LogP contribution in [0.5, 0.6) is 0 Å². The molecule has 0 bridgehead atoms. The van der Waals surface area contributed by atoms with Crippen LogP contribution < -0.4 is 11.1 Å². The quantitative estimate of drug-likeness (QED) is 0.627. The van der Waals surface area contributed by atoms with E-state index < -0.39 is 35.6 Å². The second-order valence-electron chi connectivity index (χ2n) is 6.34. The minimum absolute atomic E-state index is 0.151. The minimum atomic E-state index is -1.17. The number of benzene rings is 2. The van der Waals surface area contributed by atoms with Gasteiger partial charge in [-0.05, 0) is 48.9 Å². The molecule has 0 heterocycles. The van der Waals surface area contributed by atoms with Crippen molar-refractivity contribution in [3.8, 4) is 0 Å². The Morgan fingerprint density at radius 1 is 1.04 bits per heavy atom. The number of aryl methyl sites for hydroxylation is 1. The maximum Gasteiger partial charge on any atom is 0.326 e. The minimum Gasteiger partial charge on any atom is -0.480 e. The number of amides is 1. The summed E-state index contributed by atoms with van der Waals surface area (Å²) in [5.74, 6) is -3.58. The Labute approximate surface area is 156 Å². The molecule has 144 valence electrons. The Morgan fingerprint density at radius 2 is 1.74 bits per heavy atom. The first-order valence-electron chi connectivity index (χ1n) is 8.63. The summed E-state index contributed by atoms with van der Waals surface area (Å²) in [6.45, 7) is 0. The summed E-state index contributed by atoms with van der Waals surface area (Å²) in [5.41, 5.74) is 7.31. The van der Waals surface area contributed by atoms with E-state index in [0.29, 0.717) is 24.8 Å². The molecule has 4 N–H and O–H groups in total. The van der Waals surface area contributed by atoms with Crippen LogP contribution in [0.3, 0.4) is 0 Å². The fourth-order valence-corrected chi connectivity index (χ4v) is 2.70. The first-order valence-corrected chi connectivity index (χ1v) is 8.63. The molecule has 2 atom stereocenters. The standard InChI is InChI=1S/C20H22F2N2O3/c21-15-10-9-14(11-16(15)22)7-4-8-18(20(26)27)24-19(25)17(23)12-13-5-2-1-3-6-13/h1-3,5-6,9-11,17-18H,4,7-8,12,23H2,(H,24,25)(H,26,27)/t17-,18?/m0/s1. The van der Waals surface area contributed by atoms with Gasteiger partial charge in [0.25, 0.3) is 0 Å². The van der Waals surface area contributed by atoms with Gasteiger partial charge in [-0.25, -0.2) is 13.6 Å². The monoisotopic (exact) mass is 376 g/mol. The molecule has 5 nitrogen and oxygen atoms in total. The van der Waals surface area contributed by atoms with Gasteiger partial charge in [-0.15, -0.1) is 0 Å². The predicted octanol–water partition coefficient (Wildman–Crippen LogP) is 2.43. The molecule has 0 spiro atoms. The number of aliphatic carboxylic acids is 1. The molecule has 0 aromatic heterocycles. The molecule has 1 amide bonds. The van der Waals surface area contributed by atoms with Crippen molar-refractivity contribution in [1.29, 1.82) is 0 Å². The largest absolute Gasteiger partial charge is 0.480 e. The number of carboxylic acids is 1. The highest BCUT2D eigenvalue weighted by Gasteiger charge is 2.23. The molecule has 2 rings (SSSR count). The maximum absolute atomic E-state index is 13.2. The van der Waals surface area contributed by atoms with Gasteiger partial charge in [0, 0.05) is 0 Å². The molecule has 7 heteroatoms. The second-order valence-corrected chi connectivity index (χ2v) is 6.34. The van der Waals surface area contributed by atoms with Gasteiger partial charge in [0.2, 0.25) is 5.91 Å². The van der Waals surface area contributed by atoms with Crippen LogP contribution in [0.1, 0.15) is 24.0 Å². The average molecular weight is 376 g/mol. The lowest BCUT2D eigenvalue weighted by atomic mass is 10.0. The highest BCUT2D eigenvalue weighted by atomic mass is 19.2. The molecule has 0 aliphatic rings. The van der Waals surface area contributed by atoms with E-state index in [4.69, 9.17) is 5.73 Å². The van der Waals surface area contributed by atoms with E-state index in [1.54, 1.807) is 0 Å². The van der Waals surface area contributed by atoms with Gasteiger partial charge in [-0.1, -0.05) is 36.4 Å².